The van der Waals surface area contributed by atoms with Crippen LogP contribution >= 0.6 is 0 Å². The highest BCUT2D eigenvalue weighted by Crippen LogP contribution is 2.24. The smallest absolute Gasteiger partial charge is 0.412 e. The lowest BCUT2D eigenvalue weighted by Crippen LogP contribution is -2.27. The van der Waals surface area contributed by atoms with E-state index in [1.165, 1.54) is 0 Å². The van der Waals surface area contributed by atoms with Gasteiger partial charge in [0.05, 0.1) is 13.2 Å². The van der Waals surface area contributed by atoms with Gasteiger partial charge in [-0.15, -0.1) is 0 Å². The van der Waals surface area contributed by atoms with Gasteiger partial charge in [-0.05, 0) is 64.3 Å². The molecule has 0 heterocycles. The molecule has 1 atom stereocenters. The number of carbonyl (C=O) groups excluding carboxylic acids is 1. The molecule has 0 unspecified atom stereocenters. The first-order valence-corrected chi connectivity index (χ1v) is 7.06. The van der Waals surface area contributed by atoms with E-state index in [2.05, 4.69) is 5.32 Å². The normalized spacial score (nSPS) is 12.7. The molecule has 118 valence electrons. The fraction of sp³-hybridized carbons (Fsp3) is 0.562. The quantitative estimate of drug-likeness (QED) is 0.874. The van der Waals surface area contributed by atoms with Gasteiger partial charge < -0.3 is 14.6 Å². The number of anilines is 1. The zero-order valence-electron chi connectivity index (χ0n) is 13.4. The first kappa shape index (κ1) is 17.3. The summed E-state index contributed by atoms with van der Waals surface area (Å²) in [5, 5.41) is 12.1. The van der Waals surface area contributed by atoms with E-state index in [9.17, 15) is 9.90 Å². The van der Waals surface area contributed by atoms with Gasteiger partial charge >= 0.3 is 6.09 Å². The number of amides is 1. The highest BCUT2D eigenvalue weighted by atomic mass is 16.6. The van der Waals surface area contributed by atoms with E-state index in [0.717, 1.165) is 11.3 Å². The Bertz CT molecular complexity index is 478. The van der Waals surface area contributed by atoms with Crippen molar-refractivity contribution in [3.05, 3.63) is 23.8 Å². The lowest BCUT2D eigenvalue weighted by molar-refractivity contribution is 0.0636. The fourth-order valence-electron chi connectivity index (χ4n) is 1.84. The molecule has 5 heteroatoms. The molecule has 0 aromatic heterocycles. The Balaban J connectivity index is 2.79. The number of aliphatic hydroxyl groups is 1. The maximum Gasteiger partial charge on any atom is 0.412 e. The van der Waals surface area contributed by atoms with Gasteiger partial charge in [0.1, 0.15) is 11.4 Å². The average Bonchev–Trinajstić information content (AvgIpc) is 2.34. The van der Waals surface area contributed by atoms with Crippen LogP contribution in [0.25, 0.3) is 0 Å². The molecule has 1 aromatic carbocycles. The van der Waals surface area contributed by atoms with Gasteiger partial charge in [0, 0.05) is 5.69 Å². The second-order valence-corrected chi connectivity index (χ2v) is 6.04. The second-order valence-electron chi connectivity index (χ2n) is 6.04. The highest BCUT2D eigenvalue weighted by Gasteiger charge is 2.16. The van der Waals surface area contributed by atoms with Gasteiger partial charge in [-0.2, -0.15) is 0 Å². The minimum Gasteiger partial charge on any atom is -0.496 e. The van der Waals surface area contributed by atoms with Crippen LogP contribution in [0, 0.1) is 0 Å². The van der Waals surface area contributed by atoms with Crippen molar-refractivity contribution >= 4 is 11.8 Å². The van der Waals surface area contributed by atoms with Gasteiger partial charge in [-0.1, -0.05) is 0 Å². The van der Waals surface area contributed by atoms with E-state index in [1.54, 1.807) is 26.2 Å². The van der Waals surface area contributed by atoms with Gasteiger partial charge in [-0.3, -0.25) is 5.32 Å². The summed E-state index contributed by atoms with van der Waals surface area (Å²) in [6, 6.07) is 5.39. The van der Waals surface area contributed by atoms with Crippen LogP contribution in [0.5, 0.6) is 5.75 Å². The number of nitrogens with one attached hydrogen (secondary N) is 1. The lowest BCUT2D eigenvalue weighted by atomic mass is 10.1. The van der Waals surface area contributed by atoms with Crippen LogP contribution in [0.15, 0.2) is 18.2 Å². The predicted molar refractivity (Wildman–Crippen MR) is 82.9 cm³/mol. The number of hydrogen-bond donors (Lipinski definition) is 2. The maximum absolute atomic E-state index is 11.8. The molecule has 5 nitrogen and oxygen atoms in total. The van der Waals surface area contributed by atoms with Crippen LogP contribution < -0.4 is 10.1 Å². The number of methoxy groups -OCH3 is 1. The maximum atomic E-state index is 11.8. The number of hydrogen-bond acceptors (Lipinski definition) is 4. The number of aryl methyl sites for hydroxylation is 1. The SMILES string of the molecule is COc1ccc(NC(=O)OC(C)(C)C)cc1CC[C@@H](C)O. The predicted octanol–water partition coefficient (Wildman–Crippen LogP) is 3.36. The summed E-state index contributed by atoms with van der Waals surface area (Å²) in [6.45, 7) is 7.19. The van der Waals surface area contributed by atoms with E-state index in [1.807, 2.05) is 26.8 Å². The molecule has 0 spiro atoms. The van der Waals surface area contributed by atoms with Crippen LogP contribution in [0.4, 0.5) is 10.5 Å². The Morgan fingerprint density at radius 3 is 2.57 bits per heavy atom. The Kier molecular flexibility index (Phi) is 6.03. The summed E-state index contributed by atoms with van der Waals surface area (Å²) >= 11 is 0. The molecule has 0 aliphatic heterocycles. The molecular weight excluding hydrogens is 270 g/mol. The van der Waals surface area contributed by atoms with Gasteiger partial charge in [-0.25, -0.2) is 4.79 Å². The van der Waals surface area contributed by atoms with E-state index in [-0.39, 0.29) is 6.10 Å². The number of carbonyl (C=O) groups is 1. The zero-order chi connectivity index (χ0) is 16.0. The molecule has 2 N–H and O–H groups in total. The van der Waals surface area contributed by atoms with Crippen LogP contribution in [0.2, 0.25) is 0 Å². The average molecular weight is 295 g/mol. The Labute approximate surface area is 126 Å². The third-order valence-electron chi connectivity index (χ3n) is 2.76. The van der Waals surface area contributed by atoms with Crippen molar-refractivity contribution in [2.24, 2.45) is 0 Å². The van der Waals surface area contributed by atoms with E-state index in [4.69, 9.17) is 9.47 Å². The molecule has 0 fully saturated rings. The van der Waals surface area contributed by atoms with Gasteiger partial charge in [0.25, 0.3) is 0 Å². The summed E-state index contributed by atoms with van der Waals surface area (Å²) in [5.41, 5.74) is 1.05. The van der Waals surface area contributed by atoms with Crippen molar-refractivity contribution in [1.29, 1.82) is 0 Å². The Morgan fingerprint density at radius 1 is 1.38 bits per heavy atom. The van der Waals surface area contributed by atoms with Crippen molar-refractivity contribution in [1.82, 2.24) is 0 Å². The number of benzene rings is 1. The molecule has 0 bridgehead atoms. The lowest BCUT2D eigenvalue weighted by Gasteiger charge is -2.20. The van der Waals surface area contributed by atoms with E-state index >= 15 is 0 Å². The molecular formula is C16H25NO4. The molecule has 0 radical (unpaired) electrons. The third kappa shape index (κ3) is 6.49. The van der Waals surface area contributed by atoms with E-state index in [0.29, 0.717) is 18.5 Å². The minimum absolute atomic E-state index is 0.378. The Hall–Kier alpha value is -1.75. The minimum atomic E-state index is -0.536. The van der Waals surface area contributed by atoms with Crippen molar-refractivity contribution < 1.29 is 19.4 Å². The van der Waals surface area contributed by atoms with Crippen molar-refractivity contribution in [3.63, 3.8) is 0 Å². The zero-order valence-corrected chi connectivity index (χ0v) is 13.4. The molecule has 1 aromatic rings. The van der Waals surface area contributed by atoms with Gasteiger partial charge in [0.15, 0.2) is 0 Å². The van der Waals surface area contributed by atoms with Crippen LogP contribution in [0.1, 0.15) is 39.7 Å². The summed E-state index contributed by atoms with van der Waals surface area (Å²) in [4.78, 5) is 11.8. The van der Waals surface area contributed by atoms with Crippen LogP contribution in [-0.2, 0) is 11.2 Å². The number of rotatable bonds is 5. The standard InChI is InChI=1S/C16H25NO4/c1-11(18)6-7-12-10-13(8-9-14(12)20-5)17-15(19)21-16(2,3)4/h8-11,18H,6-7H2,1-5H3,(H,17,19)/t11-/m1/s1. The summed E-state index contributed by atoms with van der Waals surface area (Å²) in [5.74, 6) is 0.741. The molecule has 0 saturated carbocycles. The van der Waals surface area contributed by atoms with E-state index < -0.39 is 11.7 Å². The molecule has 0 aliphatic carbocycles. The summed E-state index contributed by atoms with van der Waals surface area (Å²) in [6.07, 6.45) is 0.433. The summed E-state index contributed by atoms with van der Waals surface area (Å²) < 4.78 is 10.5. The highest BCUT2D eigenvalue weighted by molar-refractivity contribution is 5.85. The van der Waals surface area contributed by atoms with Crippen LogP contribution in [0.3, 0.4) is 0 Å². The molecule has 1 amide bonds. The van der Waals surface area contributed by atoms with Gasteiger partial charge in [0.2, 0.25) is 0 Å². The molecule has 1 rings (SSSR count). The van der Waals surface area contributed by atoms with Crippen molar-refractivity contribution in [2.75, 3.05) is 12.4 Å². The topological polar surface area (TPSA) is 67.8 Å². The largest absolute Gasteiger partial charge is 0.496 e. The number of ether oxygens (including phenoxy) is 2. The van der Waals surface area contributed by atoms with Crippen molar-refractivity contribution in [2.45, 2.75) is 52.2 Å². The molecule has 21 heavy (non-hydrogen) atoms. The number of aliphatic hydroxyl groups excluding tert-OH is 1. The first-order valence-electron chi connectivity index (χ1n) is 7.06. The van der Waals surface area contributed by atoms with Crippen molar-refractivity contribution in [3.8, 4) is 5.75 Å². The summed E-state index contributed by atoms with van der Waals surface area (Å²) in [7, 11) is 1.60. The second kappa shape index (κ2) is 7.31. The molecule has 0 saturated heterocycles. The van der Waals surface area contributed by atoms with Crippen LogP contribution in [-0.4, -0.2) is 30.0 Å². The molecule has 0 aliphatic rings. The Morgan fingerprint density at radius 2 is 2.05 bits per heavy atom. The monoisotopic (exact) mass is 295 g/mol. The fourth-order valence-corrected chi connectivity index (χ4v) is 1.84. The third-order valence-corrected chi connectivity index (χ3v) is 2.76. The first-order chi connectivity index (χ1) is 9.71.